The minimum absolute atomic E-state index is 0.0688. The smallest absolute Gasteiger partial charge is 0.317 e. The number of hydrogen-bond donors (Lipinski definition) is 1. The van der Waals surface area contributed by atoms with Gasteiger partial charge >= 0.3 is 5.97 Å². The number of methoxy groups -OCH3 is 1. The van der Waals surface area contributed by atoms with Crippen LogP contribution in [0.25, 0.3) is 11.3 Å². The highest BCUT2D eigenvalue weighted by Gasteiger charge is 2.53. The maximum absolute atomic E-state index is 14.8. The average molecular weight is 1100 g/mol. The highest BCUT2D eigenvalue weighted by Crippen LogP contribution is 2.40. The van der Waals surface area contributed by atoms with Gasteiger partial charge in [-0.3, -0.25) is 38.8 Å². The Morgan fingerprint density at radius 1 is 0.986 bits per heavy atom. The van der Waals surface area contributed by atoms with Gasteiger partial charge in [0.15, 0.2) is 21.8 Å². The van der Waals surface area contributed by atoms with E-state index in [1.807, 2.05) is 88.8 Å². The summed E-state index contributed by atoms with van der Waals surface area (Å²) < 4.78 is 33.7. The van der Waals surface area contributed by atoms with Crippen LogP contribution in [-0.4, -0.2) is 147 Å². The number of aromatic nitrogens is 7. The van der Waals surface area contributed by atoms with E-state index in [-0.39, 0.29) is 24.8 Å². The molecular weight excluding hydrogens is 1030 g/mol. The number of hydrogen-bond acceptors (Lipinski definition) is 17. The third-order valence-electron chi connectivity index (χ3n) is 14.1. The maximum atomic E-state index is 14.8. The quantitative estimate of drug-likeness (QED) is 0.0245. The first-order valence-electron chi connectivity index (χ1n) is 24.4. The van der Waals surface area contributed by atoms with E-state index in [0.717, 1.165) is 29.1 Å². The highest BCUT2D eigenvalue weighted by atomic mass is 127. The Labute approximate surface area is 430 Å². The Balaban J connectivity index is 1.19. The largest absolute Gasteiger partial charge is 0.454 e. The van der Waals surface area contributed by atoms with Crippen molar-refractivity contribution in [3.05, 3.63) is 79.0 Å². The second-order valence-corrected chi connectivity index (χ2v) is 20.6. The molecular formula is C51H70IN9O10. The molecule has 0 bridgehead atoms. The van der Waals surface area contributed by atoms with Crippen LogP contribution in [0.5, 0.6) is 0 Å². The molecule has 0 radical (unpaired) electrons. The molecule has 0 aromatic carbocycles. The summed E-state index contributed by atoms with van der Waals surface area (Å²) in [6.45, 7) is 13.9. The van der Waals surface area contributed by atoms with Gasteiger partial charge in [-0.1, -0.05) is 32.1 Å². The Morgan fingerprint density at radius 2 is 1.77 bits per heavy atom. The minimum Gasteiger partial charge on any atom is -0.454 e. The third kappa shape index (κ3) is 13.8. The molecule has 2 fully saturated rings. The van der Waals surface area contributed by atoms with Gasteiger partial charge in [0, 0.05) is 106 Å². The summed E-state index contributed by atoms with van der Waals surface area (Å²) in [6, 6.07) is 8.19. The number of carbonyl (C=O) groups excluding carboxylic acids is 4. The summed E-state index contributed by atoms with van der Waals surface area (Å²) in [5.74, 6) is -5.52. The highest BCUT2D eigenvalue weighted by molar-refractivity contribution is 14.1. The van der Waals surface area contributed by atoms with Crippen LogP contribution in [0, 0.1) is 23.7 Å². The normalized spacial score (nSPS) is 31.4. The second-order valence-electron chi connectivity index (χ2n) is 19.5. The number of esters is 1. The third-order valence-corrected chi connectivity index (χ3v) is 15.6. The Hall–Kier alpha value is -4.87. The number of likely N-dealkylation sites (N-methyl/N-ethyl adjacent to an activating group) is 1. The summed E-state index contributed by atoms with van der Waals surface area (Å²) in [6.07, 6.45) is 11.7. The van der Waals surface area contributed by atoms with Crippen molar-refractivity contribution in [3.8, 4) is 11.3 Å². The molecule has 19 nitrogen and oxygen atoms in total. The van der Waals surface area contributed by atoms with Gasteiger partial charge in [-0.15, -0.1) is 5.10 Å². The molecule has 2 saturated heterocycles. The van der Waals surface area contributed by atoms with Crippen molar-refractivity contribution in [2.24, 2.45) is 28.7 Å². The Morgan fingerprint density at radius 3 is 2.48 bits per heavy atom. The fourth-order valence-corrected chi connectivity index (χ4v) is 10.5. The number of ketones is 2. The first kappa shape index (κ1) is 55.4. The number of alkyl halides is 1. The number of cyclic esters (lactones) is 1. The van der Waals surface area contributed by atoms with Gasteiger partial charge in [-0.05, 0) is 113 Å². The second kappa shape index (κ2) is 25.2. The van der Waals surface area contributed by atoms with Crippen LogP contribution in [-0.2, 0) is 68.8 Å². The lowest BCUT2D eigenvalue weighted by Crippen LogP contribution is -2.60. The number of aliphatic imine (C=N–C) groups is 1. The van der Waals surface area contributed by atoms with Crippen molar-refractivity contribution < 1.29 is 48.0 Å². The fourth-order valence-electron chi connectivity index (χ4n) is 9.75. The zero-order chi connectivity index (χ0) is 51.5. The number of aliphatic hydroxyl groups is 1. The van der Waals surface area contributed by atoms with E-state index in [9.17, 15) is 24.3 Å². The van der Waals surface area contributed by atoms with Crippen molar-refractivity contribution in [1.82, 2.24) is 39.4 Å². The molecule has 0 spiro atoms. The molecule has 20 heteroatoms. The lowest BCUT2D eigenvalue weighted by atomic mass is 9.74. The fraction of sp³-hybridized carbons (Fsp3) is 0.608. The number of nitrogens with zero attached hydrogens (tertiary/aromatic N) is 9. The Kier molecular flexibility index (Phi) is 19.7. The van der Waals surface area contributed by atoms with Crippen molar-refractivity contribution in [2.75, 3.05) is 20.7 Å². The number of pyridine rings is 2. The standard InChI is InChI=1S/C51H70IN9O10/c1-32-26-50(6,67-9)46(70-48-44(65)41(25-33(2)69-48)59(8)23-17-39-28-61(58-57-39)24-18-38-16-10-11-20-54-38)35(4)43(64)36(5)47(66)71-49(52)51(7,68-31-62)45(34(3)42(32)63)55-21-12-13-22-60-29-40(56-30-60)37-15-14-19-53-27-37/h10-11,14-16,19-21,27-36,41,44-46,48-49,65H,12-13,17-18,22-26H2,1-9H3/t32-,33-,34+,35+,36-,41+,44-,45-,46-,48+,49+,50-,51+/m1/s1. The molecule has 6 heterocycles. The van der Waals surface area contributed by atoms with Gasteiger partial charge in [-0.2, -0.15) is 0 Å². The van der Waals surface area contributed by atoms with Gasteiger partial charge < -0.3 is 38.3 Å². The maximum Gasteiger partial charge on any atom is 0.317 e. The number of aliphatic hydroxyl groups excluding tert-OH is 1. The lowest BCUT2D eigenvalue weighted by molar-refractivity contribution is -0.296. The Bertz CT molecular complexity index is 2390. The number of rotatable bonds is 18. The van der Waals surface area contributed by atoms with Crippen LogP contribution >= 0.6 is 22.6 Å². The molecule has 4 aromatic heterocycles. The minimum atomic E-state index is -1.63. The van der Waals surface area contributed by atoms with E-state index in [1.54, 1.807) is 70.4 Å². The molecule has 1 N–H and O–H groups in total. The van der Waals surface area contributed by atoms with Crippen molar-refractivity contribution in [1.29, 1.82) is 0 Å². The summed E-state index contributed by atoms with van der Waals surface area (Å²) >= 11 is 1.87. The number of carbonyl (C=O) groups is 4. The molecule has 0 amide bonds. The van der Waals surface area contributed by atoms with Crippen LogP contribution in [0.15, 0.2) is 72.6 Å². The number of halogens is 1. The van der Waals surface area contributed by atoms with E-state index in [4.69, 9.17) is 28.7 Å². The number of imidazole rings is 1. The monoisotopic (exact) mass is 1100 g/mol. The van der Waals surface area contributed by atoms with Gasteiger partial charge in [-0.25, -0.2) is 4.98 Å². The van der Waals surface area contributed by atoms with E-state index < -0.39 is 81.3 Å². The first-order chi connectivity index (χ1) is 33.9. The molecule has 386 valence electrons. The van der Waals surface area contributed by atoms with E-state index in [1.165, 1.54) is 14.0 Å². The molecule has 4 aromatic rings. The molecule has 0 aliphatic carbocycles. The number of unbranched alkanes of at least 4 members (excludes halogenated alkanes) is 1. The van der Waals surface area contributed by atoms with Gasteiger partial charge in [0.1, 0.15) is 23.8 Å². The summed E-state index contributed by atoms with van der Waals surface area (Å²) in [5, 5.41) is 20.7. The van der Waals surface area contributed by atoms with Gasteiger partial charge in [0.25, 0.3) is 6.47 Å². The van der Waals surface area contributed by atoms with Crippen molar-refractivity contribution in [2.45, 2.75) is 152 Å². The molecule has 13 atom stereocenters. The molecule has 0 saturated carbocycles. The summed E-state index contributed by atoms with van der Waals surface area (Å²) in [5.41, 5.74) is 0.506. The topological polar surface area (TPSA) is 225 Å². The van der Waals surface area contributed by atoms with Crippen molar-refractivity contribution in [3.63, 3.8) is 0 Å². The molecule has 2 aliphatic heterocycles. The number of aryl methyl sites for hydroxylation is 3. The van der Waals surface area contributed by atoms with Crippen LogP contribution in [0.3, 0.4) is 0 Å². The summed E-state index contributed by atoms with van der Waals surface area (Å²) in [4.78, 5) is 75.5. The predicted octanol–water partition coefficient (Wildman–Crippen LogP) is 5.55. The van der Waals surface area contributed by atoms with Crippen molar-refractivity contribution >= 4 is 52.8 Å². The van der Waals surface area contributed by atoms with E-state index in [0.29, 0.717) is 45.3 Å². The molecule has 6 rings (SSSR count). The van der Waals surface area contributed by atoms with Crippen LogP contribution < -0.4 is 0 Å². The number of Topliss-reactive ketones (excluding diaryl/α,β-unsaturated/α-hetero) is 2. The molecule has 2 aliphatic rings. The van der Waals surface area contributed by atoms with Gasteiger partial charge in [0.05, 0.1) is 35.5 Å². The SMILES string of the molecule is CO[C@]1(C)C[C@@H](C)C(=O)[C@H](C)[C@@H](N=CCCCn2cnc(-c3cccnc3)c2)[C@](C)(OC=O)[C@@H](I)OC(=O)[C@H](C)C(=O)[C@H](C)[C@H]1O[C@@H]1O[C@H](C)C[C@H](N(C)CCc2cn(CCc3ccccn3)nn2)[C@H]1O. The average Bonchev–Trinajstić information content (AvgIpc) is 4.05. The zero-order valence-corrected chi connectivity index (χ0v) is 44.4. The van der Waals surface area contributed by atoms with E-state index >= 15 is 0 Å². The molecule has 0 unspecified atom stereocenters. The molecule has 71 heavy (non-hydrogen) atoms. The van der Waals surface area contributed by atoms with E-state index in [2.05, 4.69) is 25.3 Å². The first-order valence-corrected chi connectivity index (χ1v) is 25.6. The van der Waals surface area contributed by atoms with Crippen LogP contribution in [0.2, 0.25) is 0 Å². The van der Waals surface area contributed by atoms with Gasteiger partial charge in [0.2, 0.25) is 0 Å². The lowest BCUT2D eigenvalue weighted by Gasteiger charge is -2.47. The zero-order valence-electron chi connectivity index (χ0n) is 42.2. The number of ether oxygens (including phenoxy) is 5. The van der Waals surface area contributed by atoms with Crippen LogP contribution in [0.1, 0.15) is 85.5 Å². The van der Waals surface area contributed by atoms with Crippen LogP contribution in [0.4, 0.5) is 0 Å². The summed E-state index contributed by atoms with van der Waals surface area (Å²) in [7, 11) is 3.40. The predicted molar refractivity (Wildman–Crippen MR) is 271 cm³/mol.